The van der Waals surface area contributed by atoms with Gasteiger partial charge in [0.15, 0.2) is 11.5 Å². The van der Waals surface area contributed by atoms with Crippen LogP contribution in [-0.4, -0.2) is 36.2 Å². The first-order valence-corrected chi connectivity index (χ1v) is 6.62. The number of aryl methyl sites for hydroxylation is 1. The Kier molecular flexibility index (Phi) is 5.05. The number of carbonyl (C=O) groups is 1. The Bertz CT molecular complexity index is 537. The van der Waals surface area contributed by atoms with Crippen LogP contribution in [0.15, 0.2) is 30.0 Å². The molecular formula is C15H18O6. The monoisotopic (exact) mass is 294 g/mol. The van der Waals surface area contributed by atoms with Gasteiger partial charge in [-0.15, -0.1) is 0 Å². The summed E-state index contributed by atoms with van der Waals surface area (Å²) >= 11 is 0. The topological polar surface area (TPSA) is 85.2 Å². The second-order valence-electron chi connectivity index (χ2n) is 4.74. The van der Waals surface area contributed by atoms with Crippen molar-refractivity contribution < 1.29 is 29.2 Å². The summed E-state index contributed by atoms with van der Waals surface area (Å²) in [6.45, 7) is 0.235. The minimum absolute atomic E-state index is 0.174. The molecule has 1 atom stereocenters. The third-order valence-corrected chi connectivity index (χ3v) is 3.19. The van der Waals surface area contributed by atoms with Gasteiger partial charge in [-0.2, -0.15) is 0 Å². The second kappa shape index (κ2) is 6.99. The highest BCUT2D eigenvalue weighted by molar-refractivity contribution is 5.80. The van der Waals surface area contributed by atoms with Gasteiger partial charge in [-0.05, 0) is 30.5 Å². The number of hydrogen-bond acceptors (Lipinski definition) is 5. The molecule has 1 aromatic carbocycles. The van der Waals surface area contributed by atoms with Gasteiger partial charge in [0.25, 0.3) is 0 Å². The van der Waals surface area contributed by atoms with Gasteiger partial charge < -0.3 is 24.4 Å². The molecule has 0 aromatic heterocycles. The van der Waals surface area contributed by atoms with Crippen LogP contribution >= 0.6 is 0 Å². The highest BCUT2D eigenvalue weighted by Gasteiger charge is 2.14. The molecule has 0 aliphatic carbocycles. The van der Waals surface area contributed by atoms with E-state index >= 15 is 0 Å². The molecular weight excluding hydrogens is 276 g/mol. The third-order valence-electron chi connectivity index (χ3n) is 3.19. The molecule has 114 valence electrons. The van der Waals surface area contributed by atoms with Crippen LogP contribution in [0, 0.1) is 0 Å². The number of aliphatic hydroxyl groups excluding tert-OH is 1. The summed E-state index contributed by atoms with van der Waals surface area (Å²) in [6, 6.07) is 5.65. The molecule has 2 N–H and O–H groups in total. The van der Waals surface area contributed by atoms with Crippen LogP contribution in [0.4, 0.5) is 0 Å². The van der Waals surface area contributed by atoms with Crippen LogP contribution in [0.5, 0.6) is 11.5 Å². The van der Waals surface area contributed by atoms with Gasteiger partial charge >= 0.3 is 5.97 Å². The van der Waals surface area contributed by atoms with Crippen molar-refractivity contribution in [1.82, 2.24) is 0 Å². The van der Waals surface area contributed by atoms with Crippen molar-refractivity contribution in [3.05, 3.63) is 35.6 Å². The predicted molar refractivity (Wildman–Crippen MR) is 74.2 cm³/mol. The van der Waals surface area contributed by atoms with Crippen molar-refractivity contribution in [3.63, 3.8) is 0 Å². The van der Waals surface area contributed by atoms with Gasteiger partial charge in [-0.3, -0.25) is 0 Å². The van der Waals surface area contributed by atoms with Crippen LogP contribution in [-0.2, 0) is 16.0 Å². The van der Waals surface area contributed by atoms with Crippen LogP contribution in [0.25, 0.3) is 0 Å². The number of hydrogen-bond donors (Lipinski definition) is 2. The average Bonchev–Trinajstić information content (AvgIpc) is 2.91. The zero-order valence-electron chi connectivity index (χ0n) is 11.7. The molecule has 0 spiro atoms. The smallest absolute Gasteiger partial charge is 0.331 e. The summed E-state index contributed by atoms with van der Waals surface area (Å²) < 4.78 is 15.5. The Morgan fingerprint density at radius 3 is 2.90 bits per heavy atom. The van der Waals surface area contributed by atoms with E-state index < -0.39 is 12.1 Å². The second-order valence-corrected chi connectivity index (χ2v) is 4.74. The van der Waals surface area contributed by atoms with Gasteiger partial charge in [0.1, 0.15) is 5.76 Å². The number of fused-ring (bicyclic) bond motifs is 1. The van der Waals surface area contributed by atoms with Gasteiger partial charge in [-0.25, -0.2) is 4.79 Å². The Labute approximate surface area is 122 Å². The first-order valence-electron chi connectivity index (χ1n) is 6.62. The SMILES string of the molecule is CO/C(=C/C(=O)O)CC(O)CCc1ccc2c(c1)OCO2. The Hall–Kier alpha value is -2.21. The van der Waals surface area contributed by atoms with E-state index in [2.05, 4.69) is 0 Å². The number of aliphatic hydroxyl groups is 1. The zero-order chi connectivity index (χ0) is 15.2. The van der Waals surface area contributed by atoms with Crippen molar-refractivity contribution in [2.75, 3.05) is 13.9 Å². The highest BCUT2D eigenvalue weighted by Crippen LogP contribution is 2.32. The predicted octanol–water partition coefficient (Wildman–Crippen LogP) is 1.71. The molecule has 6 nitrogen and oxygen atoms in total. The minimum Gasteiger partial charge on any atom is -0.501 e. The first kappa shape index (κ1) is 15.2. The van der Waals surface area contributed by atoms with Gasteiger partial charge in [0, 0.05) is 6.42 Å². The van der Waals surface area contributed by atoms with Crippen molar-refractivity contribution in [2.45, 2.75) is 25.4 Å². The molecule has 0 saturated heterocycles. The normalized spacial score (nSPS) is 14.9. The minimum atomic E-state index is -1.09. The molecule has 1 aliphatic rings. The van der Waals surface area contributed by atoms with Crippen LogP contribution in [0.2, 0.25) is 0 Å². The van der Waals surface area contributed by atoms with Crippen molar-refractivity contribution in [3.8, 4) is 11.5 Å². The Morgan fingerprint density at radius 2 is 2.19 bits per heavy atom. The lowest BCUT2D eigenvalue weighted by Crippen LogP contribution is -2.11. The number of benzene rings is 1. The molecule has 0 fully saturated rings. The van der Waals surface area contributed by atoms with E-state index in [9.17, 15) is 9.90 Å². The lowest BCUT2D eigenvalue weighted by molar-refractivity contribution is -0.131. The number of carboxylic acid groups (broad SMARTS) is 1. The fourth-order valence-corrected chi connectivity index (χ4v) is 2.10. The summed E-state index contributed by atoms with van der Waals surface area (Å²) in [6.07, 6.45) is 1.62. The number of rotatable bonds is 7. The summed E-state index contributed by atoms with van der Waals surface area (Å²) in [4.78, 5) is 10.6. The van der Waals surface area contributed by atoms with E-state index in [4.69, 9.17) is 19.3 Å². The van der Waals surface area contributed by atoms with E-state index in [1.165, 1.54) is 7.11 Å². The molecule has 0 amide bonds. The molecule has 1 aromatic rings. The van der Waals surface area contributed by atoms with E-state index in [1.54, 1.807) is 0 Å². The first-order chi connectivity index (χ1) is 10.1. The molecule has 0 radical (unpaired) electrons. The molecule has 6 heteroatoms. The zero-order valence-corrected chi connectivity index (χ0v) is 11.7. The Morgan fingerprint density at radius 1 is 1.43 bits per heavy atom. The summed E-state index contributed by atoms with van der Waals surface area (Å²) in [5.41, 5.74) is 1.03. The van der Waals surface area contributed by atoms with Crippen molar-refractivity contribution >= 4 is 5.97 Å². The van der Waals surface area contributed by atoms with Crippen LogP contribution < -0.4 is 9.47 Å². The maximum Gasteiger partial charge on any atom is 0.331 e. The molecule has 1 heterocycles. The van der Waals surface area contributed by atoms with E-state index in [0.29, 0.717) is 18.6 Å². The van der Waals surface area contributed by atoms with Gasteiger partial charge in [0.2, 0.25) is 6.79 Å². The molecule has 1 unspecified atom stereocenters. The maximum absolute atomic E-state index is 10.6. The lowest BCUT2D eigenvalue weighted by Gasteiger charge is -2.12. The number of ether oxygens (including phenoxy) is 3. The lowest BCUT2D eigenvalue weighted by atomic mass is 10.0. The molecule has 21 heavy (non-hydrogen) atoms. The van der Waals surface area contributed by atoms with Crippen molar-refractivity contribution in [1.29, 1.82) is 0 Å². The average molecular weight is 294 g/mol. The molecule has 0 bridgehead atoms. The molecule has 0 saturated carbocycles. The summed E-state index contributed by atoms with van der Waals surface area (Å²) in [5.74, 6) is 0.603. The molecule has 2 rings (SSSR count). The standard InChI is InChI=1S/C15H18O6/c1-19-12(8-15(17)18)7-11(16)4-2-10-3-5-13-14(6-10)21-9-20-13/h3,5-6,8,11,16H,2,4,7,9H2,1H3,(H,17,18)/b12-8+. The van der Waals surface area contributed by atoms with E-state index in [0.717, 1.165) is 17.4 Å². The molecule has 1 aliphatic heterocycles. The fraction of sp³-hybridized carbons (Fsp3) is 0.400. The van der Waals surface area contributed by atoms with Crippen LogP contribution in [0.3, 0.4) is 0 Å². The largest absolute Gasteiger partial charge is 0.501 e. The third kappa shape index (κ3) is 4.39. The number of methoxy groups -OCH3 is 1. The van der Waals surface area contributed by atoms with E-state index in [-0.39, 0.29) is 19.0 Å². The van der Waals surface area contributed by atoms with Gasteiger partial charge in [0.05, 0.1) is 19.3 Å². The van der Waals surface area contributed by atoms with Gasteiger partial charge in [-0.1, -0.05) is 6.07 Å². The summed E-state index contributed by atoms with van der Waals surface area (Å²) in [7, 11) is 1.39. The van der Waals surface area contributed by atoms with E-state index in [1.807, 2.05) is 18.2 Å². The summed E-state index contributed by atoms with van der Waals surface area (Å²) in [5, 5.41) is 18.6. The van der Waals surface area contributed by atoms with Crippen molar-refractivity contribution in [2.24, 2.45) is 0 Å². The van der Waals surface area contributed by atoms with Crippen LogP contribution in [0.1, 0.15) is 18.4 Å². The quantitative estimate of drug-likeness (QED) is 0.588. The fourth-order valence-electron chi connectivity index (χ4n) is 2.10. The Balaban J connectivity index is 1.86. The number of carboxylic acids is 1. The highest BCUT2D eigenvalue weighted by atomic mass is 16.7. The maximum atomic E-state index is 10.6. The number of aliphatic carboxylic acids is 1.